The first-order chi connectivity index (χ1) is 9.93. The molecule has 1 N–H and O–H groups in total. The van der Waals surface area contributed by atoms with E-state index in [1.165, 1.54) is 0 Å². The second-order valence-corrected chi connectivity index (χ2v) is 7.31. The number of hydrogen-bond donors (Lipinski definition) is 1. The van der Waals surface area contributed by atoms with Crippen LogP contribution in [0, 0.1) is 3.57 Å². The minimum atomic E-state index is 0.324. The molecule has 21 heavy (non-hydrogen) atoms. The van der Waals surface area contributed by atoms with E-state index in [-0.39, 0.29) is 0 Å². The molecular weight excluding hydrogens is 464 g/mol. The molecule has 2 rings (SSSR count). The maximum Gasteiger partial charge on any atom is 0.163 e. The molecule has 0 aliphatic heterocycles. The lowest BCUT2D eigenvalue weighted by molar-refractivity contribution is 0.808. The monoisotopic (exact) mass is 479 g/mol. The Kier molecular flexibility index (Phi) is 5.85. The molecule has 3 nitrogen and oxygen atoms in total. The molecule has 112 valence electrons. The first-order valence-corrected chi connectivity index (χ1v) is 8.95. The lowest BCUT2D eigenvalue weighted by Crippen LogP contribution is -2.09. The van der Waals surface area contributed by atoms with Gasteiger partial charge in [-0.3, -0.25) is 0 Å². The summed E-state index contributed by atoms with van der Waals surface area (Å²) in [7, 11) is 0. The van der Waals surface area contributed by atoms with E-state index in [0.29, 0.717) is 16.8 Å². The Balaban J connectivity index is 2.62. The van der Waals surface area contributed by atoms with E-state index in [2.05, 4.69) is 69.6 Å². The lowest BCUT2D eigenvalue weighted by atomic mass is 10.1. The van der Waals surface area contributed by atoms with Gasteiger partial charge in [0.05, 0.1) is 14.3 Å². The largest absolute Gasteiger partial charge is 0.369 e. The summed E-state index contributed by atoms with van der Waals surface area (Å²) >= 11 is 12.1. The number of nitrogens with zero attached hydrogens (tertiary/aromatic N) is 2. The third-order valence-electron chi connectivity index (χ3n) is 2.94. The standard InChI is InChI=1S/C15H16BrClIN3/c1-4-19-15-12(18)13(8(2)3)20-14(21-15)10-6-5-9(16)7-11(10)17/h5-8H,4H2,1-3H3,(H,19,20,21). The Hall–Kier alpha value is -0.400. The van der Waals surface area contributed by atoms with Crippen LogP contribution in [-0.2, 0) is 0 Å². The van der Waals surface area contributed by atoms with Crippen LogP contribution in [0.3, 0.4) is 0 Å². The second-order valence-electron chi connectivity index (χ2n) is 4.90. The van der Waals surface area contributed by atoms with Gasteiger partial charge in [0.15, 0.2) is 5.82 Å². The Morgan fingerprint density at radius 2 is 2.05 bits per heavy atom. The van der Waals surface area contributed by atoms with E-state index >= 15 is 0 Å². The lowest BCUT2D eigenvalue weighted by Gasteiger charge is -2.15. The maximum atomic E-state index is 6.33. The highest BCUT2D eigenvalue weighted by Gasteiger charge is 2.17. The Morgan fingerprint density at radius 1 is 1.33 bits per heavy atom. The molecule has 0 saturated carbocycles. The maximum absolute atomic E-state index is 6.33. The molecular formula is C15H16BrClIN3. The number of aromatic nitrogens is 2. The highest BCUT2D eigenvalue weighted by Crippen LogP contribution is 2.32. The topological polar surface area (TPSA) is 37.8 Å². The third-order valence-corrected chi connectivity index (χ3v) is 4.81. The molecule has 0 radical (unpaired) electrons. The fourth-order valence-corrected chi connectivity index (χ4v) is 3.74. The smallest absolute Gasteiger partial charge is 0.163 e. The Bertz CT molecular complexity index is 662. The third kappa shape index (κ3) is 3.87. The summed E-state index contributed by atoms with van der Waals surface area (Å²) in [4.78, 5) is 9.35. The molecule has 0 spiro atoms. The molecule has 0 atom stereocenters. The fourth-order valence-electron chi connectivity index (χ4n) is 1.92. The van der Waals surface area contributed by atoms with Crippen molar-refractivity contribution in [3.05, 3.63) is 37.0 Å². The van der Waals surface area contributed by atoms with Crippen molar-refractivity contribution in [3.8, 4) is 11.4 Å². The van der Waals surface area contributed by atoms with E-state index in [0.717, 1.165) is 31.7 Å². The van der Waals surface area contributed by atoms with Crippen LogP contribution < -0.4 is 5.32 Å². The second kappa shape index (κ2) is 7.24. The van der Waals surface area contributed by atoms with Gasteiger partial charge in [0, 0.05) is 16.6 Å². The zero-order chi connectivity index (χ0) is 15.6. The van der Waals surface area contributed by atoms with Crippen molar-refractivity contribution in [2.24, 2.45) is 0 Å². The summed E-state index contributed by atoms with van der Waals surface area (Å²) in [6.07, 6.45) is 0. The quantitative estimate of drug-likeness (QED) is 0.569. The van der Waals surface area contributed by atoms with Crippen molar-refractivity contribution in [3.63, 3.8) is 0 Å². The molecule has 0 aliphatic rings. The van der Waals surface area contributed by atoms with Gasteiger partial charge in [-0.2, -0.15) is 0 Å². The number of benzene rings is 1. The van der Waals surface area contributed by atoms with E-state index in [9.17, 15) is 0 Å². The number of anilines is 1. The molecule has 0 saturated heterocycles. The van der Waals surface area contributed by atoms with Crippen LogP contribution in [0.1, 0.15) is 32.4 Å². The fraction of sp³-hybridized carbons (Fsp3) is 0.333. The number of hydrogen-bond acceptors (Lipinski definition) is 3. The van der Waals surface area contributed by atoms with E-state index < -0.39 is 0 Å². The predicted octanol–water partition coefficient (Wildman–Crippen LogP) is 5.72. The van der Waals surface area contributed by atoms with Crippen molar-refractivity contribution >= 4 is 55.9 Å². The van der Waals surface area contributed by atoms with E-state index in [1.807, 2.05) is 18.2 Å². The summed E-state index contributed by atoms with van der Waals surface area (Å²) in [5, 5.41) is 3.94. The van der Waals surface area contributed by atoms with Gasteiger partial charge in [0.25, 0.3) is 0 Å². The van der Waals surface area contributed by atoms with Crippen LogP contribution in [0.15, 0.2) is 22.7 Å². The average Bonchev–Trinajstić information content (AvgIpc) is 2.41. The van der Waals surface area contributed by atoms with Crippen molar-refractivity contribution in [2.45, 2.75) is 26.7 Å². The van der Waals surface area contributed by atoms with Crippen LogP contribution in [0.25, 0.3) is 11.4 Å². The van der Waals surface area contributed by atoms with Gasteiger partial charge >= 0.3 is 0 Å². The van der Waals surface area contributed by atoms with Gasteiger partial charge in [-0.25, -0.2) is 9.97 Å². The minimum absolute atomic E-state index is 0.324. The first kappa shape index (κ1) is 17.0. The van der Waals surface area contributed by atoms with Gasteiger partial charge in [0.1, 0.15) is 5.82 Å². The average molecular weight is 481 g/mol. The highest BCUT2D eigenvalue weighted by molar-refractivity contribution is 14.1. The van der Waals surface area contributed by atoms with Crippen molar-refractivity contribution in [1.82, 2.24) is 9.97 Å². The Labute approximate surface area is 152 Å². The SMILES string of the molecule is CCNc1nc(-c2ccc(Br)cc2Cl)nc(C(C)C)c1I. The van der Waals surface area contributed by atoms with E-state index in [4.69, 9.17) is 16.6 Å². The van der Waals surface area contributed by atoms with Crippen LogP contribution in [0.2, 0.25) is 5.02 Å². The minimum Gasteiger partial charge on any atom is -0.369 e. The molecule has 0 bridgehead atoms. The van der Waals surface area contributed by atoms with Crippen molar-refractivity contribution in [1.29, 1.82) is 0 Å². The molecule has 2 aromatic rings. The molecule has 1 aromatic heterocycles. The van der Waals surface area contributed by atoms with Crippen LogP contribution >= 0.6 is 50.1 Å². The number of nitrogens with one attached hydrogen (secondary N) is 1. The van der Waals surface area contributed by atoms with E-state index in [1.54, 1.807) is 0 Å². The molecule has 1 heterocycles. The van der Waals surface area contributed by atoms with Crippen LogP contribution in [-0.4, -0.2) is 16.5 Å². The van der Waals surface area contributed by atoms with Crippen molar-refractivity contribution in [2.75, 3.05) is 11.9 Å². The zero-order valence-electron chi connectivity index (χ0n) is 12.0. The summed E-state index contributed by atoms with van der Waals surface area (Å²) in [6.45, 7) is 7.14. The highest BCUT2D eigenvalue weighted by atomic mass is 127. The molecule has 0 fully saturated rings. The van der Waals surface area contributed by atoms with Gasteiger partial charge < -0.3 is 5.32 Å². The summed E-state index contributed by atoms with van der Waals surface area (Å²) in [6, 6.07) is 5.75. The first-order valence-electron chi connectivity index (χ1n) is 6.70. The molecule has 0 aliphatic carbocycles. The van der Waals surface area contributed by atoms with Crippen LogP contribution in [0.5, 0.6) is 0 Å². The summed E-state index contributed by atoms with van der Waals surface area (Å²) in [5.74, 6) is 1.85. The number of halogens is 3. The van der Waals surface area contributed by atoms with Gasteiger partial charge in [-0.05, 0) is 53.6 Å². The van der Waals surface area contributed by atoms with Gasteiger partial charge in [0.2, 0.25) is 0 Å². The Morgan fingerprint density at radius 3 is 2.62 bits per heavy atom. The molecule has 0 amide bonds. The van der Waals surface area contributed by atoms with Gasteiger partial charge in [-0.15, -0.1) is 0 Å². The molecule has 0 unspecified atom stereocenters. The molecule has 6 heteroatoms. The number of rotatable bonds is 4. The summed E-state index contributed by atoms with van der Waals surface area (Å²) < 4.78 is 2.01. The van der Waals surface area contributed by atoms with Crippen LogP contribution in [0.4, 0.5) is 5.82 Å². The van der Waals surface area contributed by atoms with Crippen molar-refractivity contribution < 1.29 is 0 Å². The molecule has 1 aromatic carbocycles. The predicted molar refractivity (Wildman–Crippen MR) is 101 cm³/mol. The zero-order valence-corrected chi connectivity index (χ0v) is 16.5. The van der Waals surface area contributed by atoms with Gasteiger partial charge in [-0.1, -0.05) is 41.4 Å². The normalized spacial score (nSPS) is 11.0. The summed E-state index contributed by atoms with van der Waals surface area (Å²) in [5.41, 5.74) is 1.88.